The lowest BCUT2D eigenvalue weighted by atomic mass is 9.82. The summed E-state index contributed by atoms with van der Waals surface area (Å²) in [7, 11) is 0. The van der Waals surface area contributed by atoms with Gasteiger partial charge in [0.1, 0.15) is 0 Å². The van der Waals surface area contributed by atoms with E-state index >= 15 is 0 Å². The van der Waals surface area contributed by atoms with Gasteiger partial charge in [-0.15, -0.1) is 0 Å². The number of halogens is 1. The van der Waals surface area contributed by atoms with Gasteiger partial charge < -0.3 is 5.11 Å². The van der Waals surface area contributed by atoms with Crippen molar-refractivity contribution in [1.29, 1.82) is 0 Å². The van der Waals surface area contributed by atoms with Gasteiger partial charge >= 0.3 is 0 Å². The van der Waals surface area contributed by atoms with Crippen LogP contribution < -0.4 is 0 Å². The van der Waals surface area contributed by atoms with E-state index in [0.29, 0.717) is 6.42 Å². The lowest BCUT2D eigenvalue weighted by Gasteiger charge is -2.24. The predicted molar refractivity (Wildman–Crippen MR) is 92.6 cm³/mol. The highest BCUT2D eigenvalue weighted by molar-refractivity contribution is 9.10. The summed E-state index contributed by atoms with van der Waals surface area (Å²) in [5, 5.41) is 10.4. The molecule has 2 aromatic rings. The average molecular weight is 347 g/mol. The first-order valence-electron chi connectivity index (χ1n) is 7.45. The molecule has 0 aliphatic heterocycles. The highest BCUT2D eigenvalue weighted by Gasteiger charge is 2.18. The van der Waals surface area contributed by atoms with E-state index in [2.05, 4.69) is 61.0 Å². The highest BCUT2D eigenvalue weighted by atomic mass is 79.9. The van der Waals surface area contributed by atoms with Crippen LogP contribution in [0.15, 0.2) is 53.0 Å². The molecule has 0 saturated heterocycles. The molecule has 0 amide bonds. The van der Waals surface area contributed by atoms with Crippen molar-refractivity contribution in [2.24, 2.45) is 0 Å². The van der Waals surface area contributed by atoms with Crippen LogP contribution in [-0.2, 0) is 11.8 Å². The molecule has 0 radical (unpaired) electrons. The van der Waals surface area contributed by atoms with Crippen LogP contribution in [0.5, 0.6) is 0 Å². The van der Waals surface area contributed by atoms with Gasteiger partial charge in [-0.05, 0) is 40.7 Å². The first kappa shape index (κ1) is 16.3. The second-order valence-corrected chi connectivity index (χ2v) is 7.12. The molecule has 0 aliphatic rings. The fraction of sp³-hybridized carbons (Fsp3) is 0.368. The van der Waals surface area contributed by atoms with Gasteiger partial charge in [0.25, 0.3) is 0 Å². The zero-order chi connectivity index (χ0) is 15.5. The second kappa shape index (κ2) is 6.76. The Balaban J connectivity index is 2.09. The number of benzene rings is 2. The van der Waals surface area contributed by atoms with Crippen molar-refractivity contribution in [3.8, 4) is 0 Å². The standard InChI is InChI=1S/C19H23BrO/c1-4-19(2,3)16-9-7-15(8-10-16)18(21)13-14-5-11-17(20)12-6-14/h5-12,18,21H,4,13H2,1-3H3. The number of hydrogen-bond donors (Lipinski definition) is 1. The summed E-state index contributed by atoms with van der Waals surface area (Å²) in [5.74, 6) is 0. The highest BCUT2D eigenvalue weighted by Crippen LogP contribution is 2.28. The molecule has 0 saturated carbocycles. The van der Waals surface area contributed by atoms with E-state index in [4.69, 9.17) is 0 Å². The number of aliphatic hydroxyl groups is 1. The van der Waals surface area contributed by atoms with Gasteiger partial charge in [0, 0.05) is 10.9 Å². The molecular formula is C19H23BrO. The zero-order valence-electron chi connectivity index (χ0n) is 12.9. The number of rotatable bonds is 5. The lowest BCUT2D eigenvalue weighted by Crippen LogP contribution is -2.15. The van der Waals surface area contributed by atoms with Crippen LogP contribution in [0, 0.1) is 0 Å². The van der Waals surface area contributed by atoms with E-state index in [1.807, 2.05) is 24.3 Å². The maximum atomic E-state index is 10.4. The fourth-order valence-electron chi connectivity index (χ4n) is 2.32. The molecule has 1 nitrogen and oxygen atoms in total. The van der Waals surface area contributed by atoms with E-state index in [9.17, 15) is 5.11 Å². The minimum Gasteiger partial charge on any atom is -0.388 e. The van der Waals surface area contributed by atoms with Gasteiger partial charge in [-0.2, -0.15) is 0 Å². The summed E-state index contributed by atoms with van der Waals surface area (Å²) in [6, 6.07) is 16.5. The fourth-order valence-corrected chi connectivity index (χ4v) is 2.59. The molecule has 0 heterocycles. The third-order valence-electron chi connectivity index (χ3n) is 4.30. The Hall–Kier alpha value is -1.12. The summed E-state index contributed by atoms with van der Waals surface area (Å²) in [6.07, 6.45) is 1.29. The summed E-state index contributed by atoms with van der Waals surface area (Å²) in [5.41, 5.74) is 3.64. The van der Waals surface area contributed by atoms with Crippen LogP contribution in [-0.4, -0.2) is 5.11 Å². The Labute approximate surface area is 136 Å². The van der Waals surface area contributed by atoms with Crippen LogP contribution >= 0.6 is 15.9 Å². The Morgan fingerprint density at radius 2 is 1.57 bits per heavy atom. The first-order valence-corrected chi connectivity index (χ1v) is 8.24. The summed E-state index contributed by atoms with van der Waals surface area (Å²) in [4.78, 5) is 0. The topological polar surface area (TPSA) is 20.2 Å². The van der Waals surface area contributed by atoms with Crippen molar-refractivity contribution >= 4 is 15.9 Å². The molecule has 0 fully saturated rings. The van der Waals surface area contributed by atoms with Gasteiger partial charge in [0.15, 0.2) is 0 Å². The third kappa shape index (κ3) is 4.18. The van der Waals surface area contributed by atoms with Crippen molar-refractivity contribution in [2.45, 2.75) is 45.1 Å². The number of hydrogen-bond acceptors (Lipinski definition) is 1. The smallest absolute Gasteiger partial charge is 0.0830 e. The van der Waals surface area contributed by atoms with Crippen LogP contribution in [0.4, 0.5) is 0 Å². The quantitative estimate of drug-likeness (QED) is 0.766. The van der Waals surface area contributed by atoms with Crippen molar-refractivity contribution in [3.05, 3.63) is 69.7 Å². The van der Waals surface area contributed by atoms with Gasteiger partial charge in [-0.1, -0.05) is 73.1 Å². The zero-order valence-corrected chi connectivity index (χ0v) is 14.5. The molecule has 2 heteroatoms. The van der Waals surface area contributed by atoms with Crippen molar-refractivity contribution < 1.29 is 5.11 Å². The monoisotopic (exact) mass is 346 g/mol. The molecule has 2 rings (SSSR count). The van der Waals surface area contributed by atoms with Crippen LogP contribution in [0.2, 0.25) is 0 Å². The van der Waals surface area contributed by atoms with E-state index < -0.39 is 6.10 Å². The molecule has 0 bridgehead atoms. The molecule has 21 heavy (non-hydrogen) atoms. The van der Waals surface area contributed by atoms with Gasteiger partial charge in [0.05, 0.1) is 6.10 Å². The van der Waals surface area contributed by atoms with Crippen molar-refractivity contribution in [1.82, 2.24) is 0 Å². The molecule has 112 valence electrons. The van der Waals surface area contributed by atoms with Crippen LogP contribution in [0.1, 0.15) is 50.0 Å². The van der Waals surface area contributed by atoms with Gasteiger partial charge in [-0.3, -0.25) is 0 Å². The maximum absolute atomic E-state index is 10.4. The molecule has 0 aromatic heterocycles. The molecule has 0 spiro atoms. The SMILES string of the molecule is CCC(C)(C)c1ccc(C(O)Cc2ccc(Br)cc2)cc1. The maximum Gasteiger partial charge on any atom is 0.0830 e. The van der Waals surface area contributed by atoms with E-state index in [0.717, 1.165) is 22.0 Å². The summed E-state index contributed by atoms with van der Waals surface area (Å²) < 4.78 is 1.06. The van der Waals surface area contributed by atoms with E-state index in [-0.39, 0.29) is 5.41 Å². The van der Waals surface area contributed by atoms with Crippen molar-refractivity contribution in [2.75, 3.05) is 0 Å². The first-order chi connectivity index (χ1) is 9.92. The summed E-state index contributed by atoms with van der Waals surface area (Å²) >= 11 is 3.43. The molecular weight excluding hydrogens is 324 g/mol. The predicted octanol–water partition coefficient (Wildman–Crippen LogP) is 5.41. The van der Waals surface area contributed by atoms with E-state index in [1.165, 1.54) is 5.56 Å². The van der Waals surface area contributed by atoms with Crippen LogP contribution in [0.3, 0.4) is 0 Å². The molecule has 2 aromatic carbocycles. The summed E-state index contributed by atoms with van der Waals surface area (Å²) in [6.45, 7) is 6.71. The molecule has 0 aliphatic carbocycles. The van der Waals surface area contributed by atoms with Crippen molar-refractivity contribution in [3.63, 3.8) is 0 Å². The Kier molecular flexibility index (Phi) is 5.23. The third-order valence-corrected chi connectivity index (χ3v) is 4.83. The average Bonchev–Trinajstić information content (AvgIpc) is 2.49. The Morgan fingerprint density at radius 3 is 2.10 bits per heavy atom. The number of aliphatic hydroxyl groups excluding tert-OH is 1. The largest absolute Gasteiger partial charge is 0.388 e. The van der Waals surface area contributed by atoms with Crippen LogP contribution in [0.25, 0.3) is 0 Å². The second-order valence-electron chi connectivity index (χ2n) is 6.21. The minimum atomic E-state index is -0.454. The lowest BCUT2D eigenvalue weighted by molar-refractivity contribution is 0.178. The molecule has 1 N–H and O–H groups in total. The van der Waals surface area contributed by atoms with E-state index in [1.54, 1.807) is 0 Å². The van der Waals surface area contributed by atoms with Gasteiger partial charge in [0.2, 0.25) is 0 Å². The Bertz CT molecular complexity index is 570. The van der Waals surface area contributed by atoms with Gasteiger partial charge in [-0.25, -0.2) is 0 Å². The molecule has 1 unspecified atom stereocenters. The minimum absolute atomic E-state index is 0.190. The molecule has 1 atom stereocenters. The normalized spacial score (nSPS) is 13.2. The Morgan fingerprint density at radius 1 is 1.00 bits per heavy atom.